The second-order valence-corrected chi connectivity index (χ2v) is 6.60. The first kappa shape index (κ1) is 18.2. The quantitative estimate of drug-likeness (QED) is 0.451. The van der Waals surface area contributed by atoms with Crippen LogP contribution < -0.4 is 4.74 Å². The van der Waals surface area contributed by atoms with Crippen LogP contribution in [0, 0.1) is 0 Å². The van der Waals surface area contributed by atoms with Crippen molar-refractivity contribution in [3.8, 4) is 5.75 Å². The number of ether oxygens (including phenoxy) is 1. The topological polar surface area (TPSA) is 83.9 Å². The Balaban J connectivity index is 2.06. The highest BCUT2D eigenvalue weighted by atomic mass is 32.2. The fourth-order valence-electron chi connectivity index (χ4n) is 2.04. The zero-order valence-electron chi connectivity index (χ0n) is 12.9. The molecule has 0 bridgehead atoms. The Bertz CT molecular complexity index is 712. The van der Waals surface area contributed by atoms with Gasteiger partial charge in [-0.25, -0.2) is 0 Å². The van der Waals surface area contributed by atoms with Crippen molar-refractivity contribution in [1.82, 2.24) is 4.90 Å². The molecule has 1 fully saturated rings. The van der Waals surface area contributed by atoms with Crippen molar-refractivity contribution in [3.63, 3.8) is 0 Å². The van der Waals surface area contributed by atoms with Gasteiger partial charge in [0.2, 0.25) is 0 Å². The average molecular weight is 365 g/mol. The van der Waals surface area contributed by atoms with E-state index in [1.165, 1.54) is 18.1 Å². The predicted octanol–water partition coefficient (Wildman–Crippen LogP) is 2.49. The standard InChI is InChI=1S/C16H15NO5S2/c1-22-11-6-4-10(5-7-11)12(18)9-13-15(21)17(16(23)24-13)8-2-3-14(19)20/h4-7,9H,2-3,8H2,1H3,(H,19,20)/b13-9-. The van der Waals surface area contributed by atoms with Crippen molar-refractivity contribution in [3.05, 3.63) is 40.8 Å². The van der Waals surface area contributed by atoms with E-state index in [1.807, 2.05) is 0 Å². The van der Waals surface area contributed by atoms with E-state index in [1.54, 1.807) is 24.3 Å². The van der Waals surface area contributed by atoms with Gasteiger partial charge in [-0.3, -0.25) is 19.3 Å². The SMILES string of the molecule is COc1ccc(C(=O)/C=C2\SC(=S)N(CCCC(=O)O)C2=O)cc1. The van der Waals surface area contributed by atoms with Gasteiger partial charge in [0.25, 0.3) is 5.91 Å². The van der Waals surface area contributed by atoms with Crippen LogP contribution in [0.4, 0.5) is 0 Å². The number of aliphatic carboxylic acids is 1. The summed E-state index contributed by atoms with van der Waals surface area (Å²) in [4.78, 5) is 36.6. The van der Waals surface area contributed by atoms with Gasteiger partial charge in [-0.05, 0) is 30.7 Å². The second kappa shape index (κ2) is 8.07. The summed E-state index contributed by atoms with van der Waals surface area (Å²) < 4.78 is 5.36. The smallest absolute Gasteiger partial charge is 0.303 e. The molecule has 1 saturated heterocycles. The predicted molar refractivity (Wildman–Crippen MR) is 94.2 cm³/mol. The first-order chi connectivity index (χ1) is 11.4. The number of hydrogen-bond acceptors (Lipinski definition) is 6. The Hall–Kier alpha value is -2.19. The van der Waals surface area contributed by atoms with Gasteiger partial charge < -0.3 is 9.84 Å². The van der Waals surface area contributed by atoms with E-state index >= 15 is 0 Å². The molecule has 1 aromatic carbocycles. The van der Waals surface area contributed by atoms with E-state index in [2.05, 4.69) is 0 Å². The maximum atomic E-state index is 12.3. The van der Waals surface area contributed by atoms with E-state index in [0.717, 1.165) is 11.8 Å². The molecule has 24 heavy (non-hydrogen) atoms. The average Bonchev–Trinajstić information content (AvgIpc) is 2.82. The van der Waals surface area contributed by atoms with Gasteiger partial charge in [-0.15, -0.1) is 0 Å². The van der Waals surface area contributed by atoms with E-state index in [-0.39, 0.29) is 29.6 Å². The Morgan fingerprint density at radius 3 is 2.58 bits per heavy atom. The minimum Gasteiger partial charge on any atom is -0.497 e. The molecule has 1 N–H and O–H groups in total. The molecule has 0 radical (unpaired) electrons. The molecule has 0 aromatic heterocycles. The molecule has 1 heterocycles. The van der Waals surface area contributed by atoms with Crippen LogP contribution in [0.25, 0.3) is 0 Å². The number of rotatable bonds is 7. The Labute approximate surface area is 148 Å². The Morgan fingerprint density at radius 2 is 2.00 bits per heavy atom. The molecule has 1 amide bonds. The molecular weight excluding hydrogens is 350 g/mol. The molecule has 0 aliphatic carbocycles. The summed E-state index contributed by atoms with van der Waals surface area (Å²) in [5.74, 6) is -0.956. The summed E-state index contributed by atoms with van der Waals surface area (Å²) in [6.45, 7) is 0.227. The number of nitrogens with zero attached hydrogens (tertiary/aromatic N) is 1. The number of thiocarbonyl (C=S) groups is 1. The summed E-state index contributed by atoms with van der Waals surface area (Å²) in [5, 5.41) is 8.65. The van der Waals surface area contributed by atoms with Crippen LogP contribution in [-0.2, 0) is 9.59 Å². The number of carbonyl (C=O) groups excluding carboxylic acids is 2. The molecular formula is C16H15NO5S2. The highest BCUT2D eigenvalue weighted by Gasteiger charge is 2.32. The lowest BCUT2D eigenvalue weighted by Crippen LogP contribution is -2.29. The van der Waals surface area contributed by atoms with Crippen LogP contribution in [0.3, 0.4) is 0 Å². The molecule has 8 heteroatoms. The molecule has 0 spiro atoms. The van der Waals surface area contributed by atoms with Gasteiger partial charge >= 0.3 is 5.97 Å². The van der Waals surface area contributed by atoms with Crippen LogP contribution in [0.1, 0.15) is 23.2 Å². The first-order valence-corrected chi connectivity index (χ1v) is 8.30. The summed E-state index contributed by atoms with van der Waals surface area (Å²) in [6, 6.07) is 6.56. The van der Waals surface area contributed by atoms with Crippen molar-refractivity contribution in [2.45, 2.75) is 12.8 Å². The third-order valence-corrected chi connectivity index (χ3v) is 4.66. The third kappa shape index (κ3) is 4.42. The number of hydrogen-bond donors (Lipinski definition) is 1. The van der Waals surface area contributed by atoms with Crippen molar-refractivity contribution >= 4 is 46.0 Å². The van der Waals surface area contributed by atoms with Gasteiger partial charge in [0.1, 0.15) is 10.1 Å². The summed E-state index contributed by atoms with van der Waals surface area (Å²) in [6.07, 6.45) is 1.53. The molecule has 0 saturated carbocycles. The zero-order chi connectivity index (χ0) is 17.7. The minimum absolute atomic E-state index is 0.0408. The molecule has 0 atom stereocenters. The van der Waals surface area contributed by atoms with Gasteiger partial charge in [0.15, 0.2) is 5.78 Å². The second-order valence-electron chi connectivity index (χ2n) is 4.92. The van der Waals surface area contributed by atoms with Crippen molar-refractivity contribution < 1.29 is 24.2 Å². The van der Waals surface area contributed by atoms with Crippen molar-refractivity contribution in [2.75, 3.05) is 13.7 Å². The number of thioether (sulfide) groups is 1. The number of carboxylic acid groups (broad SMARTS) is 1. The Kier molecular flexibility index (Phi) is 6.10. The first-order valence-electron chi connectivity index (χ1n) is 7.08. The maximum Gasteiger partial charge on any atom is 0.303 e. The molecule has 1 aliphatic heterocycles. The number of carboxylic acids is 1. The lowest BCUT2D eigenvalue weighted by atomic mass is 10.1. The molecule has 6 nitrogen and oxygen atoms in total. The molecule has 2 rings (SSSR count). The maximum absolute atomic E-state index is 12.3. The van der Waals surface area contributed by atoms with Crippen LogP contribution in [0.15, 0.2) is 35.2 Å². The van der Waals surface area contributed by atoms with E-state index in [0.29, 0.717) is 22.1 Å². The summed E-state index contributed by atoms with van der Waals surface area (Å²) >= 11 is 6.18. The highest BCUT2D eigenvalue weighted by Crippen LogP contribution is 2.31. The number of methoxy groups -OCH3 is 1. The lowest BCUT2D eigenvalue weighted by molar-refractivity contribution is -0.137. The summed E-state index contributed by atoms with van der Waals surface area (Å²) in [5.41, 5.74) is 0.437. The van der Waals surface area contributed by atoms with Crippen LogP contribution >= 0.6 is 24.0 Å². The van der Waals surface area contributed by atoms with Gasteiger partial charge in [0, 0.05) is 24.6 Å². The third-order valence-electron chi connectivity index (χ3n) is 3.28. The lowest BCUT2D eigenvalue weighted by Gasteiger charge is -2.13. The molecule has 1 aliphatic rings. The number of ketones is 1. The normalized spacial score (nSPS) is 15.9. The van der Waals surface area contributed by atoms with Crippen molar-refractivity contribution in [2.24, 2.45) is 0 Å². The van der Waals surface area contributed by atoms with Gasteiger partial charge in [-0.2, -0.15) is 0 Å². The fourth-order valence-corrected chi connectivity index (χ4v) is 3.32. The van der Waals surface area contributed by atoms with E-state index in [4.69, 9.17) is 22.1 Å². The largest absolute Gasteiger partial charge is 0.497 e. The Morgan fingerprint density at radius 1 is 1.33 bits per heavy atom. The monoisotopic (exact) mass is 365 g/mol. The number of carbonyl (C=O) groups is 3. The zero-order valence-corrected chi connectivity index (χ0v) is 14.5. The highest BCUT2D eigenvalue weighted by molar-refractivity contribution is 8.26. The number of amides is 1. The minimum atomic E-state index is -0.925. The fraction of sp³-hybridized carbons (Fsp3) is 0.250. The van der Waals surface area contributed by atoms with Crippen LogP contribution in [0.5, 0.6) is 5.75 Å². The van der Waals surface area contributed by atoms with Crippen LogP contribution in [0.2, 0.25) is 0 Å². The molecule has 1 aromatic rings. The van der Waals surface area contributed by atoms with Gasteiger partial charge in [0.05, 0.1) is 12.0 Å². The number of allylic oxidation sites excluding steroid dienone is 1. The molecule has 0 unspecified atom stereocenters. The summed E-state index contributed by atoms with van der Waals surface area (Å²) in [7, 11) is 1.53. The van der Waals surface area contributed by atoms with Gasteiger partial charge in [-0.1, -0.05) is 24.0 Å². The van der Waals surface area contributed by atoms with E-state index in [9.17, 15) is 14.4 Å². The van der Waals surface area contributed by atoms with Crippen molar-refractivity contribution in [1.29, 1.82) is 0 Å². The van der Waals surface area contributed by atoms with Crippen LogP contribution in [-0.4, -0.2) is 45.6 Å². The number of benzene rings is 1. The molecule has 126 valence electrons. The van der Waals surface area contributed by atoms with E-state index < -0.39 is 5.97 Å².